The van der Waals surface area contributed by atoms with E-state index in [0.717, 1.165) is 46.7 Å². The second kappa shape index (κ2) is 14.3. The number of urea groups is 1. The molecule has 0 saturated heterocycles. The fourth-order valence-electron chi connectivity index (χ4n) is 6.15. The molecule has 1 aromatic heterocycles. The molecule has 4 aromatic rings. The van der Waals surface area contributed by atoms with E-state index in [1.54, 1.807) is 13.0 Å². The maximum atomic E-state index is 13.5. The molecule has 244 valence electrons. The summed E-state index contributed by atoms with van der Waals surface area (Å²) >= 11 is 6.21. The van der Waals surface area contributed by atoms with Gasteiger partial charge in [-0.05, 0) is 85.5 Å². The molecule has 0 spiro atoms. The Morgan fingerprint density at radius 3 is 2.77 bits per heavy atom. The Bertz CT molecular complexity index is 1790. The van der Waals surface area contributed by atoms with Gasteiger partial charge in [0.15, 0.2) is 0 Å². The van der Waals surface area contributed by atoms with E-state index in [2.05, 4.69) is 27.9 Å². The van der Waals surface area contributed by atoms with Gasteiger partial charge in [-0.3, -0.25) is 14.3 Å². The Morgan fingerprint density at radius 2 is 1.91 bits per heavy atom. The van der Waals surface area contributed by atoms with Gasteiger partial charge in [0, 0.05) is 46.7 Å². The first-order chi connectivity index (χ1) is 22.8. The molecule has 1 saturated carbocycles. The summed E-state index contributed by atoms with van der Waals surface area (Å²) in [6.45, 7) is 5.39. The van der Waals surface area contributed by atoms with Crippen molar-refractivity contribution in [3.05, 3.63) is 94.8 Å². The summed E-state index contributed by atoms with van der Waals surface area (Å²) < 4.78 is 12.6. The van der Waals surface area contributed by atoms with Gasteiger partial charge in [0.2, 0.25) is 5.91 Å². The second-order valence-corrected chi connectivity index (χ2v) is 12.3. The van der Waals surface area contributed by atoms with Gasteiger partial charge < -0.3 is 25.0 Å². The molecule has 1 aliphatic carbocycles. The Morgan fingerprint density at radius 1 is 1.09 bits per heavy atom. The number of fused-ring (bicyclic) bond motifs is 3. The number of nitrogens with one attached hydrogen (secondary N) is 2. The van der Waals surface area contributed by atoms with Gasteiger partial charge in [-0.2, -0.15) is 5.10 Å². The molecule has 2 N–H and O–H groups in total. The van der Waals surface area contributed by atoms with Gasteiger partial charge in [0.25, 0.3) is 0 Å². The molecule has 3 aromatic carbocycles. The van der Waals surface area contributed by atoms with Crippen LogP contribution < -0.4 is 20.3 Å². The van der Waals surface area contributed by atoms with Crippen LogP contribution in [0, 0.1) is 12.8 Å². The topological polar surface area (TPSA) is 115 Å². The summed E-state index contributed by atoms with van der Waals surface area (Å²) in [5, 5.41) is 10.5. The van der Waals surface area contributed by atoms with E-state index in [4.69, 9.17) is 21.1 Å². The van der Waals surface area contributed by atoms with E-state index in [9.17, 15) is 14.4 Å². The monoisotopic (exact) mass is 655 g/mol. The molecule has 0 bridgehead atoms. The van der Waals surface area contributed by atoms with E-state index in [-0.39, 0.29) is 19.1 Å². The van der Waals surface area contributed by atoms with Crippen LogP contribution in [0.15, 0.2) is 73.1 Å². The SMILES string of the molecule is CCOC(=O)CNC(=O)Nc1cccc(Cn2cc(-c3cccc4c3[C@H]3C[C@H]3CN4C(=O)CCCOc3cccc(Cl)c3C)cn2)c1. The van der Waals surface area contributed by atoms with Gasteiger partial charge in [0.1, 0.15) is 12.3 Å². The Balaban J connectivity index is 1.09. The average Bonchev–Trinajstić information content (AvgIpc) is 3.71. The summed E-state index contributed by atoms with van der Waals surface area (Å²) in [5.74, 6) is 1.28. The van der Waals surface area contributed by atoms with Crippen molar-refractivity contribution in [2.75, 3.05) is 36.5 Å². The number of hydrogen-bond acceptors (Lipinski definition) is 6. The Kier molecular flexibility index (Phi) is 9.77. The lowest BCUT2D eigenvalue weighted by Gasteiger charge is -2.30. The van der Waals surface area contributed by atoms with E-state index in [0.29, 0.717) is 48.5 Å². The molecule has 10 nitrogen and oxygen atoms in total. The van der Waals surface area contributed by atoms with Crippen LogP contribution in [0.1, 0.15) is 48.8 Å². The number of hydrogen-bond donors (Lipinski definition) is 2. The van der Waals surface area contributed by atoms with Crippen molar-refractivity contribution in [2.24, 2.45) is 5.92 Å². The maximum Gasteiger partial charge on any atom is 0.325 e. The van der Waals surface area contributed by atoms with Gasteiger partial charge >= 0.3 is 12.0 Å². The molecule has 1 fully saturated rings. The minimum atomic E-state index is -0.492. The van der Waals surface area contributed by atoms with Crippen molar-refractivity contribution in [1.29, 1.82) is 0 Å². The van der Waals surface area contributed by atoms with Gasteiger partial charge in [-0.1, -0.05) is 41.9 Å². The normalized spacial score (nSPS) is 16.1. The Hall–Kier alpha value is -4.83. The van der Waals surface area contributed by atoms with Crippen LogP contribution in [0.25, 0.3) is 11.1 Å². The summed E-state index contributed by atoms with van der Waals surface area (Å²) in [5.41, 5.74) is 6.77. The van der Waals surface area contributed by atoms with E-state index >= 15 is 0 Å². The van der Waals surface area contributed by atoms with E-state index in [1.165, 1.54) is 5.56 Å². The van der Waals surface area contributed by atoms with Crippen LogP contribution in [-0.2, 0) is 20.9 Å². The predicted octanol–water partition coefficient (Wildman–Crippen LogP) is 6.55. The van der Waals surface area contributed by atoms with Crippen molar-refractivity contribution in [2.45, 2.75) is 45.6 Å². The number of nitrogens with zero attached hydrogens (tertiary/aromatic N) is 3. The number of amides is 3. The zero-order valence-electron chi connectivity index (χ0n) is 26.5. The standard InChI is InChI=1S/C36H38ClN5O5/c1-3-46-34(44)19-38-36(45)40-27-9-4-8-24(16-27)20-41-21-26(18-39-41)28-10-5-12-31-35(28)29-17-25(29)22-42(31)33(43)14-7-15-47-32-13-6-11-30(37)23(32)2/h4-6,8-13,16,18,21,25,29H,3,7,14-15,17,19-20,22H2,1-2H3,(H2,38,40,45)/t25-,29-/m0/s1. The highest BCUT2D eigenvalue weighted by Crippen LogP contribution is 2.57. The van der Waals surface area contributed by atoms with Crippen molar-refractivity contribution in [1.82, 2.24) is 15.1 Å². The largest absolute Gasteiger partial charge is 0.493 e. The smallest absolute Gasteiger partial charge is 0.325 e. The molecule has 2 heterocycles. The maximum absolute atomic E-state index is 13.5. The first kappa shape index (κ1) is 32.1. The zero-order chi connectivity index (χ0) is 32.9. The quantitative estimate of drug-likeness (QED) is 0.132. The van der Waals surface area contributed by atoms with Crippen LogP contribution >= 0.6 is 11.6 Å². The number of anilines is 2. The number of halogens is 1. The second-order valence-electron chi connectivity index (χ2n) is 11.9. The summed E-state index contributed by atoms with van der Waals surface area (Å²) in [4.78, 5) is 39.2. The molecule has 47 heavy (non-hydrogen) atoms. The number of esters is 1. The minimum Gasteiger partial charge on any atom is -0.493 e. The van der Waals surface area contributed by atoms with Gasteiger partial charge in [0.05, 0.1) is 26.0 Å². The third-order valence-electron chi connectivity index (χ3n) is 8.57. The number of rotatable bonds is 12. The number of benzene rings is 3. The molecule has 1 aliphatic heterocycles. The third-order valence-corrected chi connectivity index (χ3v) is 8.98. The van der Waals surface area contributed by atoms with Crippen LogP contribution in [0.5, 0.6) is 5.75 Å². The molecule has 0 unspecified atom stereocenters. The van der Waals surface area contributed by atoms with Gasteiger partial charge in [-0.25, -0.2) is 4.79 Å². The van der Waals surface area contributed by atoms with Crippen molar-refractivity contribution in [3.8, 4) is 16.9 Å². The van der Waals surface area contributed by atoms with Crippen molar-refractivity contribution in [3.63, 3.8) is 0 Å². The zero-order valence-corrected chi connectivity index (χ0v) is 27.3. The lowest BCUT2D eigenvalue weighted by atomic mass is 9.92. The third kappa shape index (κ3) is 7.60. The highest BCUT2D eigenvalue weighted by atomic mass is 35.5. The first-order valence-electron chi connectivity index (χ1n) is 15.9. The van der Waals surface area contributed by atoms with Gasteiger partial charge in [-0.15, -0.1) is 0 Å². The molecule has 0 radical (unpaired) electrons. The molecular weight excluding hydrogens is 618 g/mol. The predicted molar refractivity (Wildman–Crippen MR) is 181 cm³/mol. The number of carbonyl (C=O) groups excluding carboxylic acids is 3. The fourth-order valence-corrected chi connectivity index (χ4v) is 6.32. The minimum absolute atomic E-state index is 0.110. The first-order valence-corrected chi connectivity index (χ1v) is 16.3. The highest BCUT2D eigenvalue weighted by molar-refractivity contribution is 6.31. The molecule has 2 atom stereocenters. The molecule has 2 aliphatic rings. The summed E-state index contributed by atoms with van der Waals surface area (Å²) in [7, 11) is 0. The fraction of sp³-hybridized carbons (Fsp3) is 0.333. The summed E-state index contributed by atoms with van der Waals surface area (Å²) in [6.07, 6.45) is 5.99. The highest BCUT2D eigenvalue weighted by Gasteiger charge is 2.47. The molecule has 3 amide bonds. The van der Waals surface area contributed by atoms with Crippen molar-refractivity contribution >= 4 is 40.9 Å². The Labute approximate surface area is 279 Å². The van der Waals surface area contributed by atoms with Crippen LogP contribution in [0.3, 0.4) is 0 Å². The van der Waals surface area contributed by atoms with E-state index in [1.807, 2.05) is 71.4 Å². The van der Waals surface area contributed by atoms with Crippen molar-refractivity contribution < 1.29 is 23.9 Å². The van der Waals surface area contributed by atoms with Crippen LogP contribution in [0.2, 0.25) is 5.02 Å². The average molecular weight is 656 g/mol. The molecule has 11 heteroatoms. The van der Waals surface area contributed by atoms with Crippen LogP contribution in [0.4, 0.5) is 16.2 Å². The number of carbonyl (C=O) groups is 3. The summed E-state index contributed by atoms with van der Waals surface area (Å²) in [6, 6.07) is 18.8. The van der Waals surface area contributed by atoms with Crippen LogP contribution in [-0.4, -0.2) is 54.0 Å². The lowest BCUT2D eigenvalue weighted by molar-refractivity contribution is -0.141. The number of aromatic nitrogens is 2. The number of ether oxygens (including phenoxy) is 2. The molecular formula is C36H38ClN5O5. The molecule has 6 rings (SSSR count). The van der Waals surface area contributed by atoms with E-state index < -0.39 is 12.0 Å². The lowest BCUT2D eigenvalue weighted by Crippen LogP contribution is -2.36.